The number of carbonyl (C=O) groups is 2. The van der Waals surface area contributed by atoms with Crippen LogP contribution in [0.3, 0.4) is 0 Å². The summed E-state index contributed by atoms with van der Waals surface area (Å²) < 4.78 is 16.4. The van der Waals surface area contributed by atoms with E-state index in [0.29, 0.717) is 30.0 Å². The summed E-state index contributed by atoms with van der Waals surface area (Å²) in [6.07, 6.45) is 7.32. The van der Waals surface area contributed by atoms with Crippen LogP contribution in [0.2, 0.25) is 0 Å². The van der Waals surface area contributed by atoms with Gasteiger partial charge in [-0.1, -0.05) is 55.7 Å². The Morgan fingerprint density at radius 1 is 0.972 bits per heavy atom. The molecule has 1 aliphatic rings. The molecule has 0 radical (unpaired) electrons. The highest BCUT2D eigenvalue weighted by Gasteiger charge is 2.34. The monoisotopic (exact) mass is 490 g/mol. The van der Waals surface area contributed by atoms with Gasteiger partial charge in [-0.05, 0) is 54.7 Å². The number of nitrogens with one attached hydrogen (secondary N) is 1. The zero-order valence-corrected chi connectivity index (χ0v) is 20.9. The van der Waals surface area contributed by atoms with Gasteiger partial charge in [-0.15, -0.1) is 0 Å². The zero-order chi connectivity index (χ0) is 25.3. The molecular weight excluding hydrogens is 456 g/mol. The first kappa shape index (κ1) is 25.4. The van der Waals surface area contributed by atoms with Crippen LogP contribution >= 0.6 is 0 Å². The molecule has 0 spiro atoms. The average Bonchev–Trinajstić information content (AvgIpc) is 3.46. The molecule has 0 unspecified atom stereocenters. The number of carbonyl (C=O) groups excluding carboxylic acids is 2. The molecule has 36 heavy (non-hydrogen) atoms. The third-order valence-corrected chi connectivity index (χ3v) is 6.71. The summed E-state index contributed by atoms with van der Waals surface area (Å²) in [6.45, 7) is 0.334. The molecule has 0 saturated heterocycles. The van der Waals surface area contributed by atoms with Crippen LogP contribution in [0.25, 0.3) is 0 Å². The number of ether oxygens (including phenoxy) is 2. The Labute approximate surface area is 212 Å². The number of rotatable bonds is 10. The molecule has 2 amide bonds. The van der Waals surface area contributed by atoms with E-state index in [0.717, 1.165) is 31.2 Å². The molecule has 0 bridgehead atoms. The van der Waals surface area contributed by atoms with Crippen LogP contribution in [0, 0.1) is 0 Å². The van der Waals surface area contributed by atoms with Crippen molar-refractivity contribution in [1.29, 1.82) is 0 Å². The van der Waals surface area contributed by atoms with Crippen LogP contribution in [0.15, 0.2) is 71.3 Å². The summed E-state index contributed by atoms with van der Waals surface area (Å²) in [5.41, 5.74) is 1.72. The predicted octanol–water partition coefficient (Wildman–Crippen LogP) is 5.17. The van der Waals surface area contributed by atoms with Crippen molar-refractivity contribution in [3.8, 4) is 11.5 Å². The molecule has 3 aromatic rings. The van der Waals surface area contributed by atoms with Crippen molar-refractivity contribution in [2.24, 2.45) is 0 Å². The highest BCUT2D eigenvalue weighted by atomic mass is 16.5. The van der Waals surface area contributed by atoms with Crippen molar-refractivity contribution in [2.45, 2.75) is 50.6 Å². The highest BCUT2D eigenvalue weighted by Crippen LogP contribution is 2.33. The van der Waals surface area contributed by atoms with Gasteiger partial charge in [0.05, 0.1) is 20.5 Å². The molecule has 1 aromatic heterocycles. The van der Waals surface area contributed by atoms with Gasteiger partial charge in [-0.3, -0.25) is 9.59 Å². The summed E-state index contributed by atoms with van der Waals surface area (Å²) in [4.78, 5) is 29.2. The molecule has 1 aliphatic carbocycles. The van der Waals surface area contributed by atoms with Gasteiger partial charge in [0.1, 0.15) is 6.04 Å². The topological polar surface area (TPSA) is 81.0 Å². The van der Waals surface area contributed by atoms with Gasteiger partial charge in [0.25, 0.3) is 5.91 Å². The lowest BCUT2D eigenvalue weighted by atomic mass is 9.94. The van der Waals surface area contributed by atoms with E-state index >= 15 is 0 Å². The Morgan fingerprint density at radius 3 is 2.39 bits per heavy atom. The van der Waals surface area contributed by atoms with Crippen LogP contribution in [-0.2, 0) is 11.2 Å². The van der Waals surface area contributed by atoms with Crippen molar-refractivity contribution in [2.75, 3.05) is 20.8 Å². The lowest BCUT2D eigenvalue weighted by Crippen LogP contribution is -2.47. The Hall–Kier alpha value is -3.74. The van der Waals surface area contributed by atoms with E-state index in [1.807, 2.05) is 36.4 Å². The predicted molar refractivity (Wildman–Crippen MR) is 137 cm³/mol. The molecule has 2 aromatic carbocycles. The van der Waals surface area contributed by atoms with E-state index < -0.39 is 6.04 Å². The second kappa shape index (κ2) is 12.3. The van der Waals surface area contributed by atoms with Crippen molar-refractivity contribution in [3.05, 3.63) is 83.8 Å². The number of hydrogen-bond donors (Lipinski definition) is 1. The molecular formula is C29H34N2O5. The normalized spacial score (nSPS) is 14.6. The van der Waals surface area contributed by atoms with E-state index in [1.165, 1.54) is 12.7 Å². The Bertz CT molecular complexity index is 1120. The molecule has 1 heterocycles. The zero-order valence-electron chi connectivity index (χ0n) is 20.9. The number of methoxy groups -OCH3 is 2. The molecule has 1 saturated carbocycles. The highest BCUT2D eigenvalue weighted by molar-refractivity contribution is 5.96. The van der Waals surface area contributed by atoms with Gasteiger partial charge in [-0.2, -0.15) is 0 Å². The third-order valence-electron chi connectivity index (χ3n) is 6.71. The number of amides is 2. The first-order chi connectivity index (χ1) is 17.6. The number of benzene rings is 2. The van der Waals surface area contributed by atoms with Crippen molar-refractivity contribution in [1.82, 2.24) is 10.2 Å². The molecule has 7 nitrogen and oxygen atoms in total. The molecule has 7 heteroatoms. The Balaban J connectivity index is 1.72. The Morgan fingerprint density at radius 2 is 1.72 bits per heavy atom. The Kier molecular flexibility index (Phi) is 8.66. The number of hydrogen-bond acceptors (Lipinski definition) is 5. The molecule has 190 valence electrons. The van der Waals surface area contributed by atoms with Crippen LogP contribution in [0.1, 0.15) is 59.8 Å². The lowest BCUT2D eigenvalue weighted by molar-refractivity contribution is -0.126. The van der Waals surface area contributed by atoms with Crippen molar-refractivity contribution in [3.63, 3.8) is 0 Å². The average molecular weight is 491 g/mol. The lowest BCUT2D eigenvalue weighted by Gasteiger charge is -2.33. The van der Waals surface area contributed by atoms with Crippen LogP contribution in [-0.4, -0.2) is 43.5 Å². The minimum Gasteiger partial charge on any atom is -0.493 e. The number of furan rings is 1. The second-order valence-corrected chi connectivity index (χ2v) is 9.07. The summed E-state index contributed by atoms with van der Waals surface area (Å²) in [7, 11) is 3.12. The summed E-state index contributed by atoms with van der Waals surface area (Å²) in [5, 5.41) is 3.23. The van der Waals surface area contributed by atoms with Gasteiger partial charge >= 0.3 is 0 Å². The molecule has 1 fully saturated rings. The minimum atomic E-state index is -0.868. The first-order valence-electron chi connectivity index (χ1n) is 12.5. The molecule has 0 aliphatic heterocycles. The fraction of sp³-hybridized carbons (Fsp3) is 0.379. The fourth-order valence-electron chi connectivity index (χ4n) is 4.81. The van der Waals surface area contributed by atoms with E-state index in [9.17, 15) is 9.59 Å². The van der Waals surface area contributed by atoms with Crippen molar-refractivity contribution >= 4 is 11.8 Å². The van der Waals surface area contributed by atoms with Gasteiger partial charge in [0, 0.05) is 12.6 Å². The van der Waals surface area contributed by atoms with Crippen molar-refractivity contribution < 1.29 is 23.5 Å². The van der Waals surface area contributed by atoms with E-state index in [1.54, 1.807) is 43.4 Å². The summed E-state index contributed by atoms with van der Waals surface area (Å²) in [5.74, 6) is 0.704. The summed E-state index contributed by atoms with van der Waals surface area (Å²) >= 11 is 0. The van der Waals surface area contributed by atoms with Gasteiger partial charge < -0.3 is 24.1 Å². The smallest absolute Gasteiger partial charge is 0.290 e. The molecule has 4 rings (SSSR count). The minimum absolute atomic E-state index is 0.101. The maximum atomic E-state index is 13.9. The molecule has 1 N–H and O–H groups in total. The number of nitrogens with zero attached hydrogens (tertiary/aromatic N) is 1. The van der Waals surface area contributed by atoms with Gasteiger partial charge in [0.2, 0.25) is 5.91 Å². The quantitative estimate of drug-likeness (QED) is 0.424. The standard InChI is InChI=1S/C29H34N2O5/c1-34-24-16-15-22(20-26(24)35-2)27(28(32)30-23-12-7-4-8-13-23)31(29(33)25-14-9-19-36-25)18-17-21-10-5-3-6-11-21/h3,5-6,9-11,14-16,19-20,23,27H,4,7-8,12-13,17-18H2,1-2H3,(H,30,32)/t27-/m1/s1. The van der Waals surface area contributed by atoms with Gasteiger partial charge in [0.15, 0.2) is 17.3 Å². The van der Waals surface area contributed by atoms with E-state index in [4.69, 9.17) is 13.9 Å². The third kappa shape index (κ3) is 6.08. The van der Waals surface area contributed by atoms with Crippen LogP contribution in [0.5, 0.6) is 11.5 Å². The maximum Gasteiger partial charge on any atom is 0.290 e. The molecule has 1 atom stereocenters. The van der Waals surface area contributed by atoms with Crippen LogP contribution < -0.4 is 14.8 Å². The van der Waals surface area contributed by atoms with E-state index in [2.05, 4.69) is 5.32 Å². The fourth-order valence-corrected chi connectivity index (χ4v) is 4.81. The van der Waals surface area contributed by atoms with Gasteiger partial charge in [-0.25, -0.2) is 0 Å². The summed E-state index contributed by atoms with van der Waals surface area (Å²) in [6, 6.07) is 17.8. The van der Waals surface area contributed by atoms with E-state index in [-0.39, 0.29) is 23.6 Å². The maximum absolute atomic E-state index is 13.9. The first-order valence-corrected chi connectivity index (χ1v) is 12.5. The largest absolute Gasteiger partial charge is 0.493 e. The second-order valence-electron chi connectivity index (χ2n) is 9.07. The SMILES string of the molecule is COc1ccc([C@H](C(=O)NC2CCCCC2)N(CCc2ccccc2)C(=O)c2ccco2)cc1OC. The van der Waals surface area contributed by atoms with Crippen LogP contribution in [0.4, 0.5) is 0 Å².